The maximum absolute atomic E-state index is 12.6. The standard InChI is InChI=1S/C16H20ClN5O3S/c1-4-21(15(23)8-10-20(3)26(24,25)5-2)14-12-22(19-16(14)17)13-7-6-9-18-11-13/h5-7,9,11-12H,2,4,8,10H2,1,3H3. The molecule has 0 aliphatic carbocycles. The van der Waals surface area contributed by atoms with Gasteiger partial charge in [0.2, 0.25) is 15.9 Å². The number of rotatable bonds is 8. The van der Waals surface area contributed by atoms with E-state index in [0.29, 0.717) is 17.9 Å². The van der Waals surface area contributed by atoms with Gasteiger partial charge in [-0.2, -0.15) is 5.10 Å². The Hall–Kier alpha value is -2.23. The average molecular weight is 398 g/mol. The second kappa shape index (κ2) is 8.43. The lowest BCUT2D eigenvalue weighted by molar-refractivity contribution is -0.118. The van der Waals surface area contributed by atoms with Crippen LogP contribution in [0.3, 0.4) is 0 Å². The zero-order valence-electron chi connectivity index (χ0n) is 14.5. The number of aromatic nitrogens is 3. The molecule has 0 aromatic carbocycles. The fourth-order valence-electron chi connectivity index (χ4n) is 2.27. The molecule has 0 saturated heterocycles. The first-order valence-electron chi connectivity index (χ1n) is 7.85. The molecule has 0 saturated carbocycles. The summed E-state index contributed by atoms with van der Waals surface area (Å²) < 4.78 is 26.0. The Kier molecular flexibility index (Phi) is 6.52. The fourth-order valence-corrected chi connectivity index (χ4v) is 3.10. The number of pyridine rings is 1. The van der Waals surface area contributed by atoms with Gasteiger partial charge in [0.1, 0.15) is 5.69 Å². The number of halogens is 1. The molecule has 26 heavy (non-hydrogen) atoms. The van der Waals surface area contributed by atoms with Crippen LogP contribution < -0.4 is 4.90 Å². The molecule has 2 aromatic heterocycles. The van der Waals surface area contributed by atoms with Crippen molar-refractivity contribution in [2.24, 2.45) is 0 Å². The highest BCUT2D eigenvalue weighted by Gasteiger charge is 2.22. The van der Waals surface area contributed by atoms with Crippen LogP contribution in [0.4, 0.5) is 5.69 Å². The normalized spacial score (nSPS) is 11.5. The van der Waals surface area contributed by atoms with E-state index in [4.69, 9.17) is 11.6 Å². The molecule has 0 aliphatic rings. The summed E-state index contributed by atoms with van der Waals surface area (Å²) in [6.07, 6.45) is 4.92. The lowest BCUT2D eigenvalue weighted by atomic mass is 10.3. The van der Waals surface area contributed by atoms with Gasteiger partial charge in [-0.1, -0.05) is 18.2 Å². The van der Waals surface area contributed by atoms with Crippen molar-refractivity contribution in [3.8, 4) is 5.69 Å². The Morgan fingerprint density at radius 2 is 2.19 bits per heavy atom. The van der Waals surface area contributed by atoms with Crippen molar-refractivity contribution in [2.75, 3.05) is 25.0 Å². The van der Waals surface area contributed by atoms with E-state index in [-0.39, 0.29) is 24.0 Å². The van der Waals surface area contributed by atoms with Crippen LogP contribution in [0.25, 0.3) is 5.69 Å². The minimum atomic E-state index is -3.55. The van der Waals surface area contributed by atoms with Crippen molar-refractivity contribution < 1.29 is 13.2 Å². The Balaban J connectivity index is 2.17. The number of carbonyl (C=O) groups is 1. The number of hydrogen-bond donors (Lipinski definition) is 0. The Bertz CT molecular complexity index is 883. The molecule has 0 unspecified atom stereocenters. The van der Waals surface area contributed by atoms with E-state index in [1.54, 1.807) is 31.6 Å². The lowest BCUT2D eigenvalue weighted by Crippen LogP contribution is -2.34. The molecule has 0 N–H and O–H groups in total. The highest BCUT2D eigenvalue weighted by Crippen LogP contribution is 2.26. The summed E-state index contributed by atoms with van der Waals surface area (Å²) in [5.74, 6) is -0.258. The van der Waals surface area contributed by atoms with E-state index in [2.05, 4.69) is 16.7 Å². The zero-order chi connectivity index (χ0) is 19.3. The molecule has 10 heteroatoms. The van der Waals surface area contributed by atoms with Crippen molar-refractivity contribution in [3.05, 3.63) is 47.9 Å². The lowest BCUT2D eigenvalue weighted by Gasteiger charge is -2.21. The van der Waals surface area contributed by atoms with Gasteiger partial charge in [-0.15, -0.1) is 0 Å². The SMILES string of the molecule is C=CS(=O)(=O)N(C)CCC(=O)N(CC)c1cn(-c2cccnc2)nc1Cl. The smallest absolute Gasteiger partial charge is 0.235 e. The van der Waals surface area contributed by atoms with Crippen LogP contribution in [-0.2, 0) is 14.8 Å². The first-order chi connectivity index (χ1) is 12.3. The van der Waals surface area contributed by atoms with E-state index >= 15 is 0 Å². The molecule has 2 rings (SSSR count). The summed E-state index contributed by atoms with van der Waals surface area (Å²) in [5.41, 5.74) is 1.17. The molecule has 0 fully saturated rings. The highest BCUT2D eigenvalue weighted by atomic mass is 35.5. The molecule has 0 atom stereocenters. The average Bonchev–Trinajstić information content (AvgIpc) is 3.02. The van der Waals surface area contributed by atoms with Gasteiger partial charge >= 0.3 is 0 Å². The molecule has 0 bridgehead atoms. The van der Waals surface area contributed by atoms with Crippen molar-refractivity contribution in [1.29, 1.82) is 0 Å². The molecule has 2 heterocycles. The summed E-state index contributed by atoms with van der Waals surface area (Å²) in [7, 11) is -2.16. The summed E-state index contributed by atoms with van der Waals surface area (Å²) >= 11 is 6.20. The maximum atomic E-state index is 12.6. The summed E-state index contributed by atoms with van der Waals surface area (Å²) in [6, 6.07) is 3.58. The molecule has 0 radical (unpaired) electrons. The van der Waals surface area contributed by atoms with Crippen molar-refractivity contribution in [2.45, 2.75) is 13.3 Å². The molecule has 1 amide bonds. The van der Waals surface area contributed by atoms with Gasteiger partial charge in [-0.05, 0) is 19.1 Å². The van der Waals surface area contributed by atoms with Crippen LogP contribution in [-0.4, -0.2) is 53.5 Å². The first-order valence-corrected chi connectivity index (χ1v) is 9.73. The van der Waals surface area contributed by atoms with E-state index in [9.17, 15) is 13.2 Å². The fraction of sp³-hybridized carbons (Fsp3) is 0.312. The largest absolute Gasteiger partial charge is 0.308 e. The Morgan fingerprint density at radius 3 is 2.77 bits per heavy atom. The monoisotopic (exact) mass is 397 g/mol. The minimum Gasteiger partial charge on any atom is -0.308 e. The number of hydrogen-bond acceptors (Lipinski definition) is 5. The van der Waals surface area contributed by atoms with Crippen LogP contribution in [0.1, 0.15) is 13.3 Å². The number of carbonyl (C=O) groups excluding carboxylic acids is 1. The predicted octanol–water partition coefficient (Wildman–Crippen LogP) is 2.07. The van der Waals surface area contributed by atoms with Gasteiger partial charge in [0.15, 0.2) is 5.15 Å². The van der Waals surface area contributed by atoms with Crippen LogP contribution in [0.15, 0.2) is 42.7 Å². The van der Waals surface area contributed by atoms with E-state index in [1.165, 1.54) is 16.6 Å². The van der Waals surface area contributed by atoms with Gasteiger partial charge < -0.3 is 4.90 Å². The van der Waals surface area contributed by atoms with Crippen LogP contribution in [0.5, 0.6) is 0 Å². The number of anilines is 1. The van der Waals surface area contributed by atoms with Gasteiger partial charge in [-0.3, -0.25) is 9.78 Å². The third kappa shape index (κ3) is 4.48. The molecular formula is C16H20ClN5O3S. The van der Waals surface area contributed by atoms with Gasteiger partial charge in [0.25, 0.3) is 0 Å². The van der Waals surface area contributed by atoms with Gasteiger partial charge in [0.05, 0.1) is 18.1 Å². The van der Waals surface area contributed by atoms with Crippen LogP contribution >= 0.6 is 11.6 Å². The summed E-state index contributed by atoms with van der Waals surface area (Å²) in [4.78, 5) is 18.1. The quantitative estimate of drug-likeness (QED) is 0.680. The van der Waals surface area contributed by atoms with E-state index in [1.807, 2.05) is 6.07 Å². The van der Waals surface area contributed by atoms with Gasteiger partial charge in [-0.25, -0.2) is 17.4 Å². The number of nitrogens with zero attached hydrogens (tertiary/aromatic N) is 5. The Morgan fingerprint density at radius 1 is 1.46 bits per heavy atom. The summed E-state index contributed by atoms with van der Waals surface area (Å²) in [6.45, 7) is 5.48. The predicted molar refractivity (Wildman–Crippen MR) is 101 cm³/mol. The third-order valence-corrected chi connectivity index (χ3v) is 5.50. The molecule has 0 aliphatic heterocycles. The summed E-state index contributed by atoms with van der Waals surface area (Å²) in [5, 5.41) is 5.24. The molecule has 0 spiro atoms. The highest BCUT2D eigenvalue weighted by molar-refractivity contribution is 7.91. The number of amides is 1. The second-order valence-electron chi connectivity index (χ2n) is 5.38. The first kappa shape index (κ1) is 20.1. The molecule has 2 aromatic rings. The molecule has 8 nitrogen and oxygen atoms in total. The zero-order valence-corrected chi connectivity index (χ0v) is 16.1. The van der Waals surface area contributed by atoms with Gasteiger partial charge in [0, 0.05) is 38.2 Å². The topological polar surface area (TPSA) is 88.4 Å². The van der Waals surface area contributed by atoms with Crippen LogP contribution in [0.2, 0.25) is 5.15 Å². The molecule has 140 valence electrons. The second-order valence-corrected chi connectivity index (χ2v) is 7.73. The molecular weight excluding hydrogens is 378 g/mol. The van der Waals surface area contributed by atoms with Crippen molar-refractivity contribution in [3.63, 3.8) is 0 Å². The third-order valence-electron chi connectivity index (χ3n) is 3.76. The number of sulfonamides is 1. The van der Waals surface area contributed by atoms with Crippen LogP contribution in [0, 0.1) is 0 Å². The van der Waals surface area contributed by atoms with E-state index in [0.717, 1.165) is 9.71 Å². The maximum Gasteiger partial charge on any atom is 0.235 e. The Labute approximate surface area is 157 Å². The van der Waals surface area contributed by atoms with E-state index < -0.39 is 10.0 Å². The minimum absolute atomic E-state index is 0.00577. The van der Waals surface area contributed by atoms with Crippen molar-refractivity contribution in [1.82, 2.24) is 19.1 Å². The van der Waals surface area contributed by atoms with Crippen molar-refractivity contribution >= 4 is 33.2 Å².